The topological polar surface area (TPSA) is 69.6 Å². The highest BCUT2D eigenvalue weighted by molar-refractivity contribution is 5.76. The third kappa shape index (κ3) is 3.89. The number of carbonyl (C=O) groups excluding carboxylic acids is 1. The van der Waals surface area contributed by atoms with Crippen LogP contribution >= 0.6 is 0 Å². The van der Waals surface area contributed by atoms with Crippen molar-refractivity contribution in [3.05, 3.63) is 18.5 Å². The van der Waals surface area contributed by atoms with E-state index in [-0.39, 0.29) is 12.5 Å². The molecule has 2 heterocycles. The van der Waals surface area contributed by atoms with Gasteiger partial charge in [0.1, 0.15) is 0 Å². The number of anilines is 1. The number of piperazine rings is 1. The van der Waals surface area contributed by atoms with Gasteiger partial charge in [0.25, 0.3) is 0 Å². The Balaban J connectivity index is 1.77. The molecule has 0 aliphatic carbocycles. The van der Waals surface area contributed by atoms with E-state index in [2.05, 4.69) is 14.9 Å². The lowest BCUT2D eigenvalue weighted by atomic mass is 10.2. The van der Waals surface area contributed by atoms with Crippen molar-refractivity contribution in [3.63, 3.8) is 0 Å². The lowest BCUT2D eigenvalue weighted by molar-refractivity contribution is -0.131. The maximum Gasteiger partial charge on any atom is 0.225 e. The molecular formula is C13H20N4O2. The van der Waals surface area contributed by atoms with Crippen LogP contribution in [0.2, 0.25) is 0 Å². The van der Waals surface area contributed by atoms with E-state index >= 15 is 0 Å². The maximum atomic E-state index is 11.9. The number of aromatic nitrogens is 2. The number of carbonyl (C=O) groups is 1. The Morgan fingerprint density at radius 2 is 1.84 bits per heavy atom. The molecular weight excluding hydrogens is 244 g/mol. The molecule has 6 heteroatoms. The largest absolute Gasteiger partial charge is 0.396 e. The van der Waals surface area contributed by atoms with Gasteiger partial charge >= 0.3 is 0 Å². The van der Waals surface area contributed by atoms with Crippen LogP contribution in [0.1, 0.15) is 19.3 Å². The third-order valence-electron chi connectivity index (χ3n) is 3.27. The monoisotopic (exact) mass is 264 g/mol. The third-order valence-corrected chi connectivity index (χ3v) is 3.27. The zero-order chi connectivity index (χ0) is 13.5. The Hall–Kier alpha value is -1.69. The lowest BCUT2D eigenvalue weighted by Gasteiger charge is -2.34. The molecule has 1 aliphatic rings. The molecule has 0 radical (unpaired) electrons. The highest BCUT2D eigenvalue weighted by atomic mass is 16.3. The van der Waals surface area contributed by atoms with Crippen LogP contribution in [-0.4, -0.2) is 58.7 Å². The molecule has 0 spiro atoms. The number of hydrogen-bond donors (Lipinski definition) is 1. The molecule has 0 unspecified atom stereocenters. The van der Waals surface area contributed by atoms with E-state index in [1.807, 2.05) is 4.90 Å². The second-order valence-electron chi connectivity index (χ2n) is 4.60. The summed E-state index contributed by atoms with van der Waals surface area (Å²) in [5.74, 6) is 0.914. The van der Waals surface area contributed by atoms with Crippen LogP contribution in [0.25, 0.3) is 0 Å². The van der Waals surface area contributed by atoms with Gasteiger partial charge in [0.2, 0.25) is 11.9 Å². The average Bonchev–Trinajstić information content (AvgIpc) is 2.48. The Kier molecular flexibility index (Phi) is 5.09. The Morgan fingerprint density at radius 3 is 2.47 bits per heavy atom. The van der Waals surface area contributed by atoms with Crippen molar-refractivity contribution in [2.24, 2.45) is 0 Å². The van der Waals surface area contributed by atoms with E-state index in [9.17, 15) is 4.79 Å². The van der Waals surface area contributed by atoms with Crippen LogP contribution in [0.4, 0.5) is 5.95 Å². The molecule has 1 saturated heterocycles. The minimum absolute atomic E-state index is 0.159. The molecule has 0 bridgehead atoms. The molecule has 1 aromatic heterocycles. The Bertz CT molecular complexity index is 391. The van der Waals surface area contributed by atoms with Crippen LogP contribution < -0.4 is 4.90 Å². The number of amides is 1. The number of hydrogen-bond acceptors (Lipinski definition) is 5. The summed E-state index contributed by atoms with van der Waals surface area (Å²) in [4.78, 5) is 24.3. The van der Waals surface area contributed by atoms with Gasteiger partial charge in [-0.05, 0) is 18.9 Å². The summed E-state index contributed by atoms with van der Waals surface area (Å²) in [5, 5.41) is 8.70. The normalized spacial score (nSPS) is 15.6. The van der Waals surface area contributed by atoms with Crippen molar-refractivity contribution >= 4 is 11.9 Å². The minimum atomic E-state index is 0.159. The van der Waals surface area contributed by atoms with Crippen molar-refractivity contribution < 1.29 is 9.90 Å². The summed E-state index contributed by atoms with van der Waals surface area (Å²) >= 11 is 0. The highest BCUT2D eigenvalue weighted by Crippen LogP contribution is 2.11. The van der Waals surface area contributed by atoms with Crippen molar-refractivity contribution in [1.82, 2.24) is 14.9 Å². The molecule has 19 heavy (non-hydrogen) atoms. The van der Waals surface area contributed by atoms with Gasteiger partial charge in [0.15, 0.2) is 0 Å². The summed E-state index contributed by atoms with van der Waals surface area (Å²) in [5.41, 5.74) is 0. The van der Waals surface area contributed by atoms with Crippen LogP contribution in [0.15, 0.2) is 18.5 Å². The molecule has 1 fully saturated rings. The fraction of sp³-hybridized carbons (Fsp3) is 0.615. The molecule has 0 atom stereocenters. The van der Waals surface area contributed by atoms with Crippen molar-refractivity contribution in [2.75, 3.05) is 37.7 Å². The van der Waals surface area contributed by atoms with Gasteiger partial charge in [0.05, 0.1) is 0 Å². The SMILES string of the molecule is O=C(CCCCO)N1CCN(c2ncccn2)CC1. The molecule has 2 rings (SSSR count). The first kappa shape index (κ1) is 13.7. The molecule has 6 nitrogen and oxygen atoms in total. The minimum Gasteiger partial charge on any atom is -0.396 e. The Morgan fingerprint density at radius 1 is 1.16 bits per heavy atom. The number of nitrogens with zero attached hydrogens (tertiary/aromatic N) is 4. The van der Waals surface area contributed by atoms with Gasteiger partial charge in [-0.15, -0.1) is 0 Å². The molecule has 1 aromatic rings. The predicted octanol–water partition coefficient (Wildman–Crippen LogP) is 0.288. The first-order chi connectivity index (χ1) is 9.31. The van der Waals surface area contributed by atoms with Gasteiger partial charge in [-0.25, -0.2) is 9.97 Å². The van der Waals surface area contributed by atoms with Gasteiger partial charge in [-0.2, -0.15) is 0 Å². The van der Waals surface area contributed by atoms with E-state index in [0.29, 0.717) is 12.8 Å². The van der Waals surface area contributed by atoms with Crippen LogP contribution in [0.3, 0.4) is 0 Å². The highest BCUT2D eigenvalue weighted by Gasteiger charge is 2.21. The van der Waals surface area contributed by atoms with E-state index in [1.54, 1.807) is 18.5 Å². The van der Waals surface area contributed by atoms with Crippen LogP contribution in [-0.2, 0) is 4.79 Å². The fourth-order valence-corrected chi connectivity index (χ4v) is 2.16. The zero-order valence-electron chi connectivity index (χ0n) is 11.0. The molecule has 1 N–H and O–H groups in total. The van der Waals surface area contributed by atoms with Crippen LogP contribution in [0.5, 0.6) is 0 Å². The summed E-state index contributed by atoms with van der Waals surface area (Å²) in [6.45, 7) is 3.14. The second kappa shape index (κ2) is 7.04. The smallest absolute Gasteiger partial charge is 0.225 e. The van der Waals surface area contributed by atoms with Crippen molar-refractivity contribution in [3.8, 4) is 0 Å². The summed E-state index contributed by atoms with van der Waals surface area (Å²) in [7, 11) is 0. The van der Waals surface area contributed by atoms with Crippen LogP contribution in [0, 0.1) is 0 Å². The van der Waals surface area contributed by atoms with E-state index in [4.69, 9.17) is 5.11 Å². The maximum absolute atomic E-state index is 11.9. The number of unbranched alkanes of at least 4 members (excludes halogenated alkanes) is 1. The van der Waals surface area contributed by atoms with Crippen molar-refractivity contribution in [2.45, 2.75) is 19.3 Å². The molecule has 1 amide bonds. The zero-order valence-corrected chi connectivity index (χ0v) is 11.0. The van der Waals surface area contributed by atoms with E-state index < -0.39 is 0 Å². The van der Waals surface area contributed by atoms with E-state index in [1.165, 1.54) is 0 Å². The molecule has 1 aliphatic heterocycles. The first-order valence-corrected chi connectivity index (χ1v) is 6.72. The average molecular weight is 264 g/mol. The standard InChI is InChI=1S/C13H20N4O2/c18-11-2-1-4-12(19)16-7-9-17(10-8-16)13-14-5-3-6-15-13/h3,5-6,18H,1-2,4,7-11H2. The summed E-state index contributed by atoms with van der Waals surface area (Å²) in [6.07, 6.45) is 5.45. The van der Waals surface area contributed by atoms with Gasteiger partial charge < -0.3 is 14.9 Å². The molecule has 104 valence electrons. The molecule has 0 aromatic carbocycles. The number of aliphatic hydroxyl groups excluding tert-OH is 1. The second-order valence-corrected chi connectivity index (χ2v) is 4.60. The van der Waals surface area contributed by atoms with Crippen molar-refractivity contribution in [1.29, 1.82) is 0 Å². The predicted molar refractivity (Wildman–Crippen MR) is 71.8 cm³/mol. The number of aliphatic hydroxyl groups is 1. The summed E-state index contributed by atoms with van der Waals surface area (Å²) < 4.78 is 0. The van der Waals surface area contributed by atoms with E-state index in [0.717, 1.165) is 38.5 Å². The molecule has 0 saturated carbocycles. The fourth-order valence-electron chi connectivity index (χ4n) is 2.16. The Labute approximate surface area is 113 Å². The van der Waals surface area contributed by atoms with Gasteiger partial charge in [-0.3, -0.25) is 4.79 Å². The quantitative estimate of drug-likeness (QED) is 0.774. The lowest BCUT2D eigenvalue weighted by Crippen LogP contribution is -2.49. The summed E-state index contributed by atoms with van der Waals surface area (Å²) in [6, 6.07) is 1.80. The first-order valence-electron chi connectivity index (χ1n) is 6.72. The number of rotatable bonds is 5. The van der Waals surface area contributed by atoms with Gasteiger partial charge in [0, 0.05) is 51.6 Å². The van der Waals surface area contributed by atoms with Gasteiger partial charge in [-0.1, -0.05) is 0 Å².